The summed E-state index contributed by atoms with van der Waals surface area (Å²) < 4.78 is 0. The fourth-order valence-electron chi connectivity index (χ4n) is 6.79. The Hall–Kier alpha value is -3.39. The summed E-state index contributed by atoms with van der Waals surface area (Å²) in [6.07, 6.45) is 3.89. The van der Waals surface area contributed by atoms with Crippen molar-refractivity contribution in [3.05, 3.63) is 52.6 Å². The van der Waals surface area contributed by atoms with Gasteiger partial charge in [0.15, 0.2) is 11.5 Å². The Morgan fingerprint density at radius 3 is 2.46 bits per heavy atom. The molecule has 3 fully saturated rings. The number of amides is 3. The van der Waals surface area contributed by atoms with Gasteiger partial charge >= 0.3 is 0 Å². The highest BCUT2D eigenvalue weighted by Crippen LogP contribution is 2.55. The SMILES string of the molecule is Cc1ccc2c(c1C)NC(=O)[C@]21N[C@H](Cc2ccc(O)c(O)c2)[C@H]2C(=O)N(C3CCCC3)C(=O)[C@H]21. The Morgan fingerprint density at radius 2 is 1.74 bits per heavy atom. The van der Waals surface area contributed by atoms with Crippen molar-refractivity contribution in [1.29, 1.82) is 0 Å². The van der Waals surface area contributed by atoms with Crippen LogP contribution in [0.3, 0.4) is 0 Å². The molecule has 0 aromatic heterocycles. The zero-order valence-electron chi connectivity index (χ0n) is 19.8. The number of carbonyl (C=O) groups is 3. The molecule has 182 valence electrons. The second-order valence-corrected chi connectivity index (χ2v) is 10.5. The molecule has 2 saturated heterocycles. The normalized spacial score (nSPS) is 29.8. The summed E-state index contributed by atoms with van der Waals surface area (Å²) >= 11 is 0. The lowest BCUT2D eigenvalue weighted by Crippen LogP contribution is -2.54. The van der Waals surface area contributed by atoms with Crippen molar-refractivity contribution in [1.82, 2.24) is 10.2 Å². The van der Waals surface area contributed by atoms with E-state index < -0.39 is 23.4 Å². The van der Waals surface area contributed by atoms with Crippen LogP contribution in [0.2, 0.25) is 0 Å². The largest absolute Gasteiger partial charge is 0.504 e. The van der Waals surface area contributed by atoms with Crippen LogP contribution in [0, 0.1) is 25.7 Å². The number of rotatable bonds is 3. The van der Waals surface area contributed by atoms with Crippen molar-refractivity contribution in [2.24, 2.45) is 11.8 Å². The van der Waals surface area contributed by atoms with Crippen LogP contribution in [0.5, 0.6) is 11.5 Å². The van der Waals surface area contributed by atoms with E-state index in [0.29, 0.717) is 23.2 Å². The van der Waals surface area contributed by atoms with E-state index in [1.54, 1.807) is 6.07 Å². The van der Waals surface area contributed by atoms with Gasteiger partial charge in [0, 0.05) is 23.3 Å². The van der Waals surface area contributed by atoms with E-state index >= 15 is 0 Å². The predicted molar refractivity (Wildman–Crippen MR) is 128 cm³/mol. The van der Waals surface area contributed by atoms with E-state index in [-0.39, 0.29) is 35.3 Å². The molecule has 1 saturated carbocycles. The van der Waals surface area contributed by atoms with Crippen LogP contribution in [-0.4, -0.2) is 44.9 Å². The third-order valence-corrected chi connectivity index (χ3v) is 8.64. The number of hydrogen-bond acceptors (Lipinski definition) is 6. The van der Waals surface area contributed by atoms with Crippen LogP contribution in [0.15, 0.2) is 30.3 Å². The molecule has 6 rings (SSSR count). The third kappa shape index (κ3) is 2.92. The third-order valence-electron chi connectivity index (χ3n) is 8.64. The summed E-state index contributed by atoms with van der Waals surface area (Å²) in [6.45, 7) is 3.92. The lowest BCUT2D eigenvalue weighted by molar-refractivity contribution is -0.145. The molecule has 8 heteroatoms. The molecular formula is C27H29N3O5. The monoisotopic (exact) mass is 475 g/mol. The van der Waals surface area contributed by atoms with Crippen LogP contribution < -0.4 is 10.6 Å². The number of carbonyl (C=O) groups excluding carboxylic acids is 3. The summed E-state index contributed by atoms with van der Waals surface area (Å²) in [4.78, 5) is 43.0. The predicted octanol–water partition coefficient (Wildman–Crippen LogP) is 2.62. The van der Waals surface area contributed by atoms with E-state index in [9.17, 15) is 24.6 Å². The highest BCUT2D eigenvalue weighted by molar-refractivity contribution is 6.15. The molecule has 35 heavy (non-hydrogen) atoms. The average molecular weight is 476 g/mol. The van der Waals surface area contributed by atoms with Gasteiger partial charge in [-0.2, -0.15) is 0 Å². The van der Waals surface area contributed by atoms with Gasteiger partial charge in [0.25, 0.3) is 0 Å². The Balaban J connectivity index is 1.48. The van der Waals surface area contributed by atoms with Gasteiger partial charge in [0.05, 0.1) is 11.8 Å². The number of aryl methyl sites for hydroxylation is 1. The lowest BCUT2D eigenvalue weighted by Gasteiger charge is -2.31. The quantitative estimate of drug-likeness (QED) is 0.400. The standard InChI is InChI=1S/C27H29N3O5/c1-13-7-9-17-23(14(13)2)28-26(35)27(17)22-21(24(33)30(25(22)34)16-5-3-4-6-16)18(29-27)11-15-8-10-19(31)20(32)12-15/h7-10,12,16,18,21-22,29,31-32H,3-6,11H2,1-2H3,(H,28,35)/t18-,21-,22+,27+/m1/s1. The van der Waals surface area contributed by atoms with Gasteiger partial charge in [0.2, 0.25) is 17.7 Å². The van der Waals surface area contributed by atoms with Crippen molar-refractivity contribution in [2.45, 2.75) is 63.6 Å². The number of aromatic hydroxyl groups is 2. The molecule has 1 aliphatic carbocycles. The zero-order chi connectivity index (χ0) is 24.6. The second-order valence-electron chi connectivity index (χ2n) is 10.5. The molecule has 2 aromatic carbocycles. The molecule has 3 aliphatic heterocycles. The number of phenolic OH excluding ortho intramolecular Hbond substituents is 2. The minimum absolute atomic E-state index is 0.111. The van der Waals surface area contributed by atoms with E-state index in [1.807, 2.05) is 26.0 Å². The summed E-state index contributed by atoms with van der Waals surface area (Å²) in [6, 6.07) is 7.79. The van der Waals surface area contributed by atoms with Gasteiger partial charge in [-0.3, -0.25) is 24.6 Å². The highest BCUT2D eigenvalue weighted by atomic mass is 16.3. The van der Waals surface area contributed by atoms with E-state index in [0.717, 1.165) is 36.8 Å². The van der Waals surface area contributed by atoms with Crippen molar-refractivity contribution in [2.75, 3.05) is 5.32 Å². The van der Waals surface area contributed by atoms with E-state index in [4.69, 9.17) is 0 Å². The Morgan fingerprint density at radius 1 is 1.00 bits per heavy atom. The molecule has 4 aliphatic rings. The van der Waals surface area contributed by atoms with Crippen molar-refractivity contribution in [3.8, 4) is 11.5 Å². The fourth-order valence-corrected chi connectivity index (χ4v) is 6.79. The molecule has 1 spiro atoms. The molecule has 8 nitrogen and oxygen atoms in total. The number of phenols is 2. The molecule has 3 heterocycles. The number of imide groups is 1. The number of fused-ring (bicyclic) bond motifs is 4. The van der Waals surface area contributed by atoms with Crippen molar-refractivity contribution in [3.63, 3.8) is 0 Å². The number of likely N-dealkylation sites (tertiary alicyclic amines) is 1. The van der Waals surface area contributed by atoms with Gasteiger partial charge in [-0.15, -0.1) is 0 Å². The first-order chi connectivity index (χ1) is 16.7. The van der Waals surface area contributed by atoms with E-state index in [2.05, 4.69) is 10.6 Å². The topological polar surface area (TPSA) is 119 Å². The summed E-state index contributed by atoms with van der Waals surface area (Å²) in [5.74, 6) is -2.79. The van der Waals surface area contributed by atoms with Gasteiger partial charge in [-0.05, 0) is 61.9 Å². The fraction of sp³-hybridized carbons (Fsp3) is 0.444. The molecule has 0 radical (unpaired) electrons. The maximum absolute atomic E-state index is 14.0. The van der Waals surface area contributed by atoms with Crippen molar-refractivity contribution >= 4 is 23.4 Å². The number of anilines is 1. The van der Waals surface area contributed by atoms with Crippen molar-refractivity contribution < 1.29 is 24.6 Å². The van der Waals surface area contributed by atoms with Gasteiger partial charge < -0.3 is 15.5 Å². The van der Waals surface area contributed by atoms with Crippen LogP contribution in [0.1, 0.15) is 47.9 Å². The van der Waals surface area contributed by atoms with Gasteiger partial charge in [0.1, 0.15) is 5.54 Å². The molecule has 4 N–H and O–H groups in total. The first-order valence-electron chi connectivity index (χ1n) is 12.3. The van der Waals surface area contributed by atoms with Crippen LogP contribution >= 0.6 is 0 Å². The Bertz CT molecular complexity index is 1280. The van der Waals surface area contributed by atoms with Gasteiger partial charge in [-0.25, -0.2) is 0 Å². The number of benzene rings is 2. The smallest absolute Gasteiger partial charge is 0.250 e. The zero-order valence-corrected chi connectivity index (χ0v) is 19.8. The summed E-state index contributed by atoms with van der Waals surface area (Å²) in [5.41, 5.74) is 2.78. The number of nitrogens with zero attached hydrogens (tertiary/aromatic N) is 1. The molecule has 0 bridgehead atoms. The number of hydrogen-bond donors (Lipinski definition) is 4. The maximum atomic E-state index is 14.0. The molecule has 3 amide bonds. The maximum Gasteiger partial charge on any atom is 0.250 e. The summed E-state index contributed by atoms with van der Waals surface area (Å²) in [7, 11) is 0. The second kappa shape index (κ2) is 7.55. The Labute approximate surface area is 203 Å². The average Bonchev–Trinajstić information content (AvgIpc) is 3.56. The van der Waals surface area contributed by atoms with Gasteiger partial charge in [-0.1, -0.05) is 31.0 Å². The lowest BCUT2D eigenvalue weighted by atomic mass is 9.75. The molecular weight excluding hydrogens is 446 g/mol. The first-order valence-corrected chi connectivity index (χ1v) is 12.3. The minimum atomic E-state index is -1.33. The molecule has 0 unspecified atom stereocenters. The van der Waals surface area contributed by atoms with Crippen LogP contribution in [-0.2, 0) is 26.3 Å². The highest BCUT2D eigenvalue weighted by Gasteiger charge is 2.71. The number of nitrogens with one attached hydrogen (secondary N) is 2. The molecule has 4 atom stereocenters. The minimum Gasteiger partial charge on any atom is -0.504 e. The summed E-state index contributed by atoms with van der Waals surface area (Å²) in [5, 5.41) is 26.2. The van der Waals surface area contributed by atoms with E-state index in [1.165, 1.54) is 17.0 Å². The van der Waals surface area contributed by atoms with Crippen LogP contribution in [0.4, 0.5) is 5.69 Å². The Kier molecular flexibility index (Phi) is 4.77. The van der Waals surface area contributed by atoms with Crippen LogP contribution in [0.25, 0.3) is 0 Å². The first kappa shape index (κ1) is 22.1. The molecule has 2 aromatic rings.